The third kappa shape index (κ3) is 6.58. The van der Waals surface area contributed by atoms with Gasteiger partial charge in [-0.05, 0) is 65.3 Å². The first-order chi connectivity index (χ1) is 25.0. The van der Waals surface area contributed by atoms with Crippen molar-refractivity contribution < 1.29 is 69.2 Å². The number of aliphatic hydroxyl groups excluding tert-OH is 5. The van der Waals surface area contributed by atoms with Crippen LogP contribution in [0.4, 0.5) is 11.4 Å². The van der Waals surface area contributed by atoms with Gasteiger partial charge in [0.15, 0.2) is 29.5 Å². The number of primary amides is 1. The lowest BCUT2D eigenvalue weighted by atomic mass is 9.58. The van der Waals surface area contributed by atoms with Gasteiger partial charge < -0.3 is 66.5 Å². The average molecular weight is 762 g/mol. The number of benzene rings is 1. The molecule has 0 bridgehead atoms. The minimum Gasteiger partial charge on any atom is -0.510 e. The zero-order chi connectivity index (χ0) is 40.5. The predicted octanol–water partition coefficient (Wildman–Crippen LogP) is -1.57. The quantitative estimate of drug-likeness (QED) is 0.100. The Morgan fingerprint density at radius 3 is 2.20 bits per heavy atom. The SMILES string of the molecule is CN(C)c1cc(NC(=O)CNC(C)(C)C)c(O)c2c1C[C@H]1C[C@H]3[C@@H](N(C)C)C(O)=C(C(N)=O)C(=O)[C@@]3(O[C@@H]3O[C@H](C(=O)O)[C@@H](O)[C@H](O)[C@H]3O)C(O)=C1C2=O. The van der Waals surface area contributed by atoms with E-state index >= 15 is 0 Å². The highest BCUT2D eigenvalue weighted by Crippen LogP contribution is 2.56. The van der Waals surface area contributed by atoms with E-state index in [0.717, 1.165) is 0 Å². The molecular weight excluding hydrogens is 714 g/mol. The monoisotopic (exact) mass is 761 g/mol. The Kier molecular flexibility index (Phi) is 10.7. The largest absolute Gasteiger partial charge is 0.510 e. The molecule has 0 radical (unpaired) electrons. The summed E-state index contributed by atoms with van der Waals surface area (Å²) in [6, 6.07) is 0.153. The van der Waals surface area contributed by atoms with E-state index in [1.54, 1.807) is 19.0 Å². The van der Waals surface area contributed by atoms with Crippen molar-refractivity contribution in [3.05, 3.63) is 39.9 Å². The normalized spacial score (nSPS) is 31.2. The van der Waals surface area contributed by atoms with E-state index in [-0.39, 0.29) is 30.6 Å². The second-order valence-electron chi connectivity index (χ2n) is 15.5. The number of carbonyl (C=O) groups excluding carboxylic acids is 4. The Morgan fingerprint density at radius 2 is 1.67 bits per heavy atom. The number of amides is 2. The molecule has 1 aliphatic heterocycles. The molecule has 54 heavy (non-hydrogen) atoms. The number of ketones is 2. The molecule has 19 nitrogen and oxygen atoms in total. The number of rotatable bonds is 9. The maximum Gasteiger partial charge on any atom is 0.335 e. The first kappa shape index (κ1) is 40.6. The topological polar surface area (TPSA) is 302 Å². The van der Waals surface area contributed by atoms with Crippen molar-refractivity contribution in [3.8, 4) is 5.75 Å². The van der Waals surface area contributed by atoms with Crippen LogP contribution in [0.1, 0.15) is 43.1 Å². The van der Waals surface area contributed by atoms with Crippen LogP contribution in [0.2, 0.25) is 0 Å². The molecule has 0 unspecified atom stereocenters. The van der Waals surface area contributed by atoms with Gasteiger partial charge in [-0.15, -0.1) is 0 Å². The van der Waals surface area contributed by atoms with Crippen LogP contribution in [0.15, 0.2) is 28.7 Å². The number of hydrogen-bond acceptors (Lipinski definition) is 16. The number of fused-ring (bicyclic) bond motifs is 3. The van der Waals surface area contributed by atoms with Gasteiger partial charge in [0.1, 0.15) is 35.4 Å². The fourth-order valence-corrected chi connectivity index (χ4v) is 7.84. The Balaban J connectivity index is 1.74. The molecule has 1 aromatic rings. The number of nitrogens with one attached hydrogen (secondary N) is 2. The number of anilines is 2. The number of phenolic OH excluding ortho intramolecular Hbond substituents is 1. The standard InChI is InChI=1S/C35H47N5O14/c1-34(2,3)37-11-17(41)38-15-10-16(39(4)5)13-8-12-9-14-21(40(6)7)24(44)20(31(36)50)30(49)35(14,29(48)18(12)23(43)19(13)22(15)42)54-33-27(47)25(45)26(46)28(53-33)32(51)52/h10,12,14,21,25-28,33,37,42,44-48H,8-9,11H2,1-7H3,(H2,36,50)(H,38,41)(H,51,52)/t12-,14-,21+,25-,26-,27+,28-,33-,35-/m0/s1. The third-order valence-electron chi connectivity index (χ3n) is 10.3. The summed E-state index contributed by atoms with van der Waals surface area (Å²) in [6.45, 7) is 5.39. The van der Waals surface area contributed by atoms with Crippen molar-refractivity contribution >= 4 is 40.7 Å². The smallest absolute Gasteiger partial charge is 0.335 e. The van der Waals surface area contributed by atoms with E-state index in [1.807, 2.05) is 20.8 Å². The maximum atomic E-state index is 14.7. The van der Waals surface area contributed by atoms with Crippen LogP contribution in [0.3, 0.4) is 0 Å². The van der Waals surface area contributed by atoms with E-state index < -0.39 is 117 Å². The lowest BCUT2D eigenvalue weighted by Crippen LogP contribution is -2.69. The molecule has 3 aliphatic carbocycles. The van der Waals surface area contributed by atoms with Gasteiger partial charge in [-0.3, -0.25) is 24.1 Å². The van der Waals surface area contributed by atoms with Crippen molar-refractivity contribution in [2.75, 3.05) is 45.0 Å². The molecule has 11 N–H and O–H groups in total. The van der Waals surface area contributed by atoms with Crippen molar-refractivity contribution in [3.63, 3.8) is 0 Å². The number of hydrogen-bond donors (Lipinski definition) is 10. The molecule has 1 saturated heterocycles. The number of aromatic hydroxyl groups is 1. The highest BCUT2D eigenvalue weighted by Gasteiger charge is 2.67. The van der Waals surface area contributed by atoms with Crippen molar-refractivity contribution in [2.45, 2.75) is 81.5 Å². The summed E-state index contributed by atoms with van der Waals surface area (Å²) in [5.74, 6) is -11.1. The number of allylic oxidation sites excluding steroid dienone is 1. The van der Waals surface area contributed by atoms with Crippen LogP contribution >= 0.6 is 0 Å². The van der Waals surface area contributed by atoms with Gasteiger partial charge in [-0.2, -0.15) is 0 Å². The van der Waals surface area contributed by atoms with Gasteiger partial charge >= 0.3 is 5.97 Å². The summed E-state index contributed by atoms with van der Waals surface area (Å²) < 4.78 is 11.4. The molecular formula is C35H47N5O14. The minimum absolute atomic E-state index is 0.0377. The number of carbonyl (C=O) groups is 5. The lowest BCUT2D eigenvalue weighted by molar-refractivity contribution is -0.321. The molecule has 296 valence electrons. The van der Waals surface area contributed by atoms with Gasteiger partial charge in [0.2, 0.25) is 11.7 Å². The van der Waals surface area contributed by atoms with Crippen molar-refractivity contribution in [1.82, 2.24) is 10.2 Å². The lowest BCUT2D eigenvalue weighted by Gasteiger charge is -2.54. The molecule has 9 atom stereocenters. The number of phenols is 1. The van der Waals surface area contributed by atoms with Crippen LogP contribution < -0.4 is 21.3 Å². The van der Waals surface area contributed by atoms with Crippen LogP contribution in [0, 0.1) is 11.8 Å². The van der Waals surface area contributed by atoms with E-state index in [0.29, 0.717) is 11.3 Å². The number of carboxylic acids is 1. The number of nitrogens with zero attached hydrogens (tertiary/aromatic N) is 2. The number of carboxylic acid groups (broad SMARTS) is 1. The first-order valence-corrected chi connectivity index (χ1v) is 17.1. The Hall–Kier alpha value is -4.63. The van der Waals surface area contributed by atoms with Crippen LogP contribution in [0.5, 0.6) is 5.75 Å². The van der Waals surface area contributed by atoms with Gasteiger partial charge in [-0.25, -0.2) is 4.79 Å². The zero-order valence-electron chi connectivity index (χ0n) is 30.8. The minimum atomic E-state index is -2.91. The first-order valence-electron chi connectivity index (χ1n) is 17.1. The van der Waals surface area contributed by atoms with E-state index in [1.165, 1.54) is 25.1 Å². The van der Waals surface area contributed by atoms with Gasteiger partial charge in [0.25, 0.3) is 5.91 Å². The van der Waals surface area contributed by atoms with Crippen molar-refractivity contribution in [1.29, 1.82) is 0 Å². The molecule has 2 amide bonds. The molecule has 1 heterocycles. The maximum absolute atomic E-state index is 14.7. The third-order valence-corrected chi connectivity index (χ3v) is 10.3. The Morgan fingerprint density at radius 1 is 1.04 bits per heavy atom. The zero-order valence-corrected chi connectivity index (χ0v) is 30.8. The van der Waals surface area contributed by atoms with Crippen LogP contribution in [-0.2, 0) is 35.1 Å². The number of nitrogens with two attached hydrogens (primary N) is 1. The predicted molar refractivity (Wildman–Crippen MR) is 188 cm³/mol. The summed E-state index contributed by atoms with van der Waals surface area (Å²) >= 11 is 0. The Labute approximate surface area is 309 Å². The number of Topliss-reactive ketones (excluding diaryl/α,β-unsaturated/α-hetero) is 2. The molecule has 4 aliphatic rings. The highest BCUT2D eigenvalue weighted by atomic mass is 16.7. The number of ether oxygens (including phenoxy) is 2. The molecule has 0 aromatic heterocycles. The summed E-state index contributed by atoms with van der Waals surface area (Å²) in [5.41, 5.74) is 1.02. The van der Waals surface area contributed by atoms with Crippen molar-refractivity contribution in [2.24, 2.45) is 17.6 Å². The van der Waals surface area contributed by atoms with E-state index in [9.17, 15) is 59.7 Å². The summed E-state index contributed by atoms with van der Waals surface area (Å²) in [7, 11) is 6.29. The molecule has 5 rings (SSSR count). The van der Waals surface area contributed by atoms with Crippen LogP contribution in [0.25, 0.3) is 0 Å². The molecule has 0 spiro atoms. The molecule has 1 aromatic carbocycles. The highest BCUT2D eigenvalue weighted by molar-refractivity contribution is 6.25. The summed E-state index contributed by atoms with van der Waals surface area (Å²) in [5, 5.41) is 82.4. The van der Waals surface area contributed by atoms with Gasteiger partial charge in [0, 0.05) is 36.8 Å². The second kappa shape index (κ2) is 14.2. The van der Waals surface area contributed by atoms with Crippen LogP contribution in [-0.4, -0.2) is 153 Å². The fourth-order valence-electron chi connectivity index (χ4n) is 7.84. The number of likely N-dealkylation sites (N-methyl/N-ethyl adjacent to an activating group) is 1. The molecule has 1 fully saturated rings. The van der Waals surface area contributed by atoms with E-state index in [2.05, 4.69) is 10.6 Å². The summed E-state index contributed by atoms with van der Waals surface area (Å²) in [6.07, 6.45) is -11.4. The number of aliphatic carboxylic acids is 1. The Bertz CT molecular complexity index is 1850. The summed E-state index contributed by atoms with van der Waals surface area (Å²) in [4.78, 5) is 69.9. The second-order valence-corrected chi connectivity index (χ2v) is 15.5. The van der Waals surface area contributed by atoms with Gasteiger partial charge in [0.05, 0.1) is 23.8 Å². The molecule has 19 heteroatoms. The molecule has 0 saturated carbocycles. The average Bonchev–Trinajstić information content (AvgIpc) is 3.05. The number of aliphatic hydroxyl groups is 5. The van der Waals surface area contributed by atoms with E-state index in [4.69, 9.17) is 15.2 Å². The van der Waals surface area contributed by atoms with Gasteiger partial charge in [-0.1, -0.05) is 0 Å². The fraction of sp³-hybridized carbons (Fsp3) is 0.571.